The summed E-state index contributed by atoms with van der Waals surface area (Å²) >= 11 is 0. The van der Waals surface area contributed by atoms with Crippen molar-refractivity contribution in [1.82, 2.24) is 5.32 Å². The van der Waals surface area contributed by atoms with E-state index < -0.39 is 10.0 Å². The van der Waals surface area contributed by atoms with E-state index in [0.717, 1.165) is 12.0 Å². The monoisotopic (exact) mass is 333 g/mol. The molecule has 3 N–H and O–H groups in total. The lowest BCUT2D eigenvalue weighted by Crippen LogP contribution is -2.24. The highest BCUT2D eigenvalue weighted by molar-refractivity contribution is 7.92. The molecule has 0 bridgehead atoms. The Morgan fingerprint density at radius 1 is 1.04 bits per heavy atom. The maximum Gasteiger partial charge on any atom is 0.318 e. The first kappa shape index (κ1) is 16.8. The first-order valence-corrected chi connectivity index (χ1v) is 8.63. The summed E-state index contributed by atoms with van der Waals surface area (Å²) in [5, 5.41) is 5.02. The molecule has 7 heteroatoms. The van der Waals surface area contributed by atoms with E-state index in [1.807, 2.05) is 6.92 Å². The van der Waals surface area contributed by atoms with E-state index in [-0.39, 0.29) is 10.9 Å². The lowest BCUT2D eigenvalue weighted by molar-refractivity contribution is 0.254. The number of sulfonamides is 1. The number of rotatable bonds is 5. The van der Waals surface area contributed by atoms with Crippen molar-refractivity contribution in [2.45, 2.75) is 18.2 Å². The second-order valence-corrected chi connectivity index (χ2v) is 6.57. The van der Waals surface area contributed by atoms with Crippen molar-refractivity contribution in [3.05, 3.63) is 54.1 Å². The van der Waals surface area contributed by atoms with Gasteiger partial charge in [-0.1, -0.05) is 25.1 Å². The van der Waals surface area contributed by atoms with Gasteiger partial charge in [0.25, 0.3) is 10.0 Å². The molecule has 0 heterocycles. The molecule has 2 amide bonds. The maximum atomic E-state index is 12.4. The Labute approximate surface area is 136 Å². The van der Waals surface area contributed by atoms with E-state index in [4.69, 9.17) is 0 Å². The number of hydrogen-bond donors (Lipinski definition) is 3. The van der Waals surface area contributed by atoms with E-state index in [2.05, 4.69) is 15.4 Å². The Morgan fingerprint density at radius 3 is 2.30 bits per heavy atom. The van der Waals surface area contributed by atoms with Crippen molar-refractivity contribution < 1.29 is 13.2 Å². The van der Waals surface area contributed by atoms with Gasteiger partial charge >= 0.3 is 6.03 Å². The smallest absolute Gasteiger partial charge is 0.318 e. The third kappa shape index (κ3) is 4.46. The Balaban J connectivity index is 2.19. The number of urea groups is 1. The van der Waals surface area contributed by atoms with Gasteiger partial charge in [-0.15, -0.1) is 0 Å². The van der Waals surface area contributed by atoms with Crippen LogP contribution in [0.4, 0.5) is 16.2 Å². The summed E-state index contributed by atoms with van der Waals surface area (Å²) in [4.78, 5) is 11.5. The SMILES string of the molecule is CCc1ccc(S(=O)(=O)Nc2cccc(NC(=O)NC)c2)cc1. The number of carbonyl (C=O) groups is 1. The zero-order chi connectivity index (χ0) is 16.9. The molecular weight excluding hydrogens is 314 g/mol. The van der Waals surface area contributed by atoms with E-state index in [1.54, 1.807) is 48.5 Å². The minimum atomic E-state index is -3.67. The summed E-state index contributed by atoms with van der Waals surface area (Å²) in [5.74, 6) is 0. The lowest BCUT2D eigenvalue weighted by atomic mass is 10.2. The van der Waals surface area contributed by atoms with Crippen LogP contribution in [0, 0.1) is 0 Å². The molecule has 6 nitrogen and oxygen atoms in total. The van der Waals surface area contributed by atoms with Crippen molar-refractivity contribution >= 4 is 27.4 Å². The lowest BCUT2D eigenvalue weighted by Gasteiger charge is -2.10. The van der Waals surface area contributed by atoms with Crippen LogP contribution in [0.5, 0.6) is 0 Å². The van der Waals surface area contributed by atoms with Crippen molar-refractivity contribution in [2.24, 2.45) is 0 Å². The Bertz CT molecular complexity index is 786. The van der Waals surface area contributed by atoms with E-state index >= 15 is 0 Å². The van der Waals surface area contributed by atoms with Crippen LogP contribution in [0.2, 0.25) is 0 Å². The summed E-state index contributed by atoms with van der Waals surface area (Å²) in [6.07, 6.45) is 0.848. The zero-order valence-corrected chi connectivity index (χ0v) is 13.8. The van der Waals surface area contributed by atoms with Gasteiger partial charge in [-0.05, 0) is 42.3 Å². The van der Waals surface area contributed by atoms with Crippen LogP contribution in [0.1, 0.15) is 12.5 Å². The molecule has 0 radical (unpaired) electrons. The molecule has 0 aromatic heterocycles. The highest BCUT2D eigenvalue weighted by atomic mass is 32.2. The third-order valence-electron chi connectivity index (χ3n) is 3.24. The van der Waals surface area contributed by atoms with E-state index in [0.29, 0.717) is 11.4 Å². The predicted molar refractivity (Wildman–Crippen MR) is 91.1 cm³/mol. The van der Waals surface area contributed by atoms with Gasteiger partial charge in [0.05, 0.1) is 10.6 Å². The summed E-state index contributed by atoms with van der Waals surface area (Å²) in [6, 6.07) is 12.9. The summed E-state index contributed by atoms with van der Waals surface area (Å²) in [6.45, 7) is 2.01. The van der Waals surface area contributed by atoms with Gasteiger partial charge in [0.2, 0.25) is 0 Å². The van der Waals surface area contributed by atoms with Crippen LogP contribution in [0.15, 0.2) is 53.4 Å². The summed E-state index contributed by atoms with van der Waals surface area (Å²) in [7, 11) is -2.17. The van der Waals surface area contributed by atoms with Crippen molar-refractivity contribution in [3.63, 3.8) is 0 Å². The molecule has 0 unspecified atom stereocenters. The van der Waals surface area contributed by atoms with Gasteiger partial charge in [0.15, 0.2) is 0 Å². The molecule has 0 saturated heterocycles. The predicted octanol–water partition coefficient (Wildman–Crippen LogP) is 2.80. The summed E-state index contributed by atoms with van der Waals surface area (Å²) < 4.78 is 27.3. The molecule has 0 atom stereocenters. The quantitative estimate of drug-likeness (QED) is 0.786. The molecule has 0 saturated carbocycles. The topological polar surface area (TPSA) is 87.3 Å². The van der Waals surface area contributed by atoms with Crippen molar-refractivity contribution in [3.8, 4) is 0 Å². The molecule has 2 rings (SSSR count). The van der Waals surface area contributed by atoms with Crippen LogP contribution >= 0.6 is 0 Å². The molecule has 2 aromatic rings. The number of hydrogen-bond acceptors (Lipinski definition) is 3. The standard InChI is InChI=1S/C16H19N3O3S/c1-3-12-7-9-15(10-8-12)23(21,22)19-14-6-4-5-13(11-14)18-16(20)17-2/h4-11,19H,3H2,1-2H3,(H2,17,18,20). The van der Waals surface area contributed by atoms with Crippen LogP contribution in [-0.2, 0) is 16.4 Å². The minimum absolute atomic E-state index is 0.194. The normalized spacial score (nSPS) is 10.9. The molecule has 23 heavy (non-hydrogen) atoms. The number of anilines is 2. The van der Waals surface area contributed by atoms with Gasteiger partial charge < -0.3 is 10.6 Å². The summed E-state index contributed by atoms with van der Waals surface area (Å²) in [5.41, 5.74) is 1.94. The molecule has 0 aliphatic carbocycles. The van der Waals surface area contributed by atoms with Gasteiger partial charge in [-0.2, -0.15) is 0 Å². The molecular formula is C16H19N3O3S. The molecule has 0 fully saturated rings. The fraction of sp³-hybridized carbons (Fsp3) is 0.188. The van der Waals surface area contributed by atoms with Crippen LogP contribution in [0.25, 0.3) is 0 Å². The van der Waals surface area contributed by atoms with Crippen LogP contribution < -0.4 is 15.4 Å². The number of amides is 2. The number of benzene rings is 2. The average molecular weight is 333 g/mol. The Hall–Kier alpha value is -2.54. The molecule has 122 valence electrons. The zero-order valence-electron chi connectivity index (χ0n) is 13.0. The average Bonchev–Trinajstić information content (AvgIpc) is 2.54. The number of nitrogens with one attached hydrogen (secondary N) is 3. The third-order valence-corrected chi connectivity index (χ3v) is 4.64. The molecule has 0 spiro atoms. The van der Waals surface area contributed by atoms with Crippen molar-refractivity contribution in [1.29, 1.82) is 0 Å². The highest BCUT2D eigenvalue weighted by Gasteiger charge is 2.14. The fourth-order valence-corrected chi connectivity index (χ4v) is 3.02. The molecule has 0 aliphatic rings. The van der Waals surface area contributed by atoms with Crippen LogP contribution in [0.3, 0.4) is 0 Å². The van der Waals surface area contributed by atoms with Crippen molar-refractivity contribution in [2.75, 3.05) is 17.1 Å². The Morgan fingerprint density at radius 2 is 1.70 bits per heavy atom. The van der Waals surface area contributed by atoms with Gasteiger partial charge in [-0.25, -0.2) is 13.2 Å². The first-order chi connectivity index (χ1) is 10.9. The maximum absolute atomic E-state index is 12.4. The highest BCUT2D eigenvalue weighted by Crippen LogP contribution is 2.20. The largest absolute Gasteiger partial charge is 0.341 e. The fourth-order valence-electron chi connectivity index (χ4n) is 1.97. The number of carbonyl (C=O) groups excluding carboxylic acids is 1. The second kappa shape index (κ2) is 7.15. The van der Waals surface area contributed by atoms with E-state index in [1.165, 1.54) is 7.05 Å². The second-order valence-electron chi connectivity index (χ2n) is 4.89. The minimum Gasteiger partial charge on any atom is -0.341 e. The van der Waals surface area contributed by atoms with Crippen LogP contribution in [-0.4, -0.2) is 21.5 Å². The number of aryl methyl sites for hydroxylation is 1. The van der Waals surface area contributed by atoms with Gasteiger partial charge in [0.1, 0.15) is 0 Å². The first-order valence-electron chi connectivity index (χ1n) is 7.15. The van der Waals surface area contributed by atoms with Gasteiger partial charge in [-0.3, -0.25) is 4.72 Å². The molecule has 0 aliphatic heterocycles. The Kier molecular flexibility index (Phi) is 5.23. The molecule has 2 aromatic carbocycles. The van der Waals surface area contributed by atoms with E-state index in [9.17, 15) is 13.2 Å². The van der Waals surface area contributed by atoms with Gasteiger partial charge in [0, 0.05) is 12.7 Å².